The van der Waals surface area contributed by atoms with Gasteiger partial charge in [0.25, 0.3) is 0 Å². The van der Waals surface area contributed by atoms with Crippen LogP contribution in [0.15, 0.2) is 72.8 Å². The molecular weight excluding hydrogens is 316 g/mol. The van der Waals surface area contributed by atoms with E-state index in [0.717, 1.165) is 12.8 Å². The van der Waals surface area contributed by atoms with Crippen LogP contribution in [0, 0.1) is 0 Å². The SMILES string of the molecule is C[C@H](c1cccc2ccccc12)N(c1ccccc1)C1CCCC(N)C1. The lowest BCUT2D eigenvalue weighted by molar-refractivity contribution is 0.359. The fraction of sp³-hybridized carbons (Fsp3) is 0.333. The van der Waals surface area contributed by atoms with Gasteiger partial charge in [0.2, 0.25) is 0 Å². The third-order valence-corrected chi connectivity index (χ3v) is 5.83. The zero-order valence-electron chi connectivity index (χ0n) is 15.5. The average Bonchev–Trinajstić information content (AvgIpc) is 2.68. The second kappa shape index (κ2) is 7.51. The molecule has 1 fully saturated rings. The molecule has 1 saturated carbocycles. The van der Waals surface area contributed by atoms with Gasteiger partial charge in [0.15, 0.2) is 0 Å². The summed E-state index contributed by atoms with van der Waals surface area (Å²) >= 11 is 0. The summed E-state index contributed by atoms with van der Waals surface area (Å²) in [5.74, 6) is 0. The van der Waals surface area contributed by atoms with E-state index >= 15 is 0 Å². The molecular formula is C24H28N2. The van der Waals surface area contributed by atoms with Gasteiger partial charge in [-0.05, 0) is 61.1 Å². The first kappa shape index (κ1) is 17.1. The van der Waals surface area contributed by atoms with Crippen LogP contribution >= 0.6 is 0 Å². The van der Waals surface area contributed by atoms with Gasteiger partial charge < -0.3 is 10.6 Å². The molecule has 2 nitrogen and oxygen atoms in total. The van der Waals surface area contributed by atoms with Crippen LogP contribution < -0.4 is 10.6 Å². The Morgan fingerprint density at radius 2 is 1.62 bits per heavy atom. The number of benzene rings is 3. The van der Waals surface area contributed by atoms with Gasteiger partial charge in [0.1, 0.15) is 0 Å². The third kappa shape index (κ3) is 3.34. The molecule has 0 heterocycles. The maximum absolute atomic E-state index is 6.34. The Morgan fingerprint density at radius 3 is 2.42 bits per heavy atom. The lowest BCUT2D eigenvalue weighted by atomic mass is 9.88. The molecule has 4 rings (SSSR count). The summed E-state index contributed by atoms with van der Waals surface area (Å²) in [6.45, 7) is 2.34. The van der Waals surface area contributed by atoms with E-state index in [1.165, 1.54) is 34.9 Å². The summed E-state index contributed by atoms with van der Waals surface area (Å²) in [6, 6.07) is 27.3. The second-order valence-electron chi connectivity index (χ2n) is 7.57. The van der Waals surface area contributed by atoms with E-state index in [-0.39, 0.29) is 0 Å². The van der Waals surface area contributed by atoms with E-state index in [9.17, 15) is 0 Å². The highest BCUT2D eigenvalue weighted by Crippen LogP contribution is 2.36. The number of hydrogen-bond acceptors (Lipinski definition) is 2. The van der Waals surface area contributed by atoms with Crippen molar-refractivity contribution in [3.8, 4) is 0 Å². The van der Waals surface area contributed by atoms with Crippen LogP contribution in [0.1, 0.15) is 44.2 Å². The molecule has 2 heteroatoms. The molecule has 3 aromatic rings. The zero-order valence-corrected chi connectivity index (χ0v) is 15.5. The minimum atomic E-state index is 0.304. The average molecular weight is 345 g/mol. The van der Waals surface area contributed by atoms with E-state index in [0.29, 0.717) is 18.1 Å². The van der Waals surface area contributed by atoms with Crippen molar-refractivity contribution in [3.05, 3.63) is 78.4 Å². The van der Waals surface area contributed by atoms with Crippen molar-refractivity contribution < 1.29 is 0 Å². The Morgan fingerprint density at radius 1 is 0.885 bits per heavy atom. The molecule has 0 amide bonds. The minimum Gasteiger partial charge on any atom is -0.362 e. The summed E-state index contributed by atoms with van der Waals surface area (Å²) in [7, 11) is 0. The number of hydrogen-bond donors (Lipinski definition) is 1. The highest BCUT2D eigenvalue weighted by Gasteiger charge is 2.29. The van der Waals surface area contributed by atoms with E-state index in [1.54, 1.807) is 0 Å². The molecule has 0 spiro atoms. The van der Waals surface area contributed by atoms with Gasteiger partial charge in [0, 0.05) is 17.8 Å². The maximum Gasteiger partial charge on any atom is 0.0523 e. The van der Waals surface area contributed by atoms with Crippen molar-refractivity contribution in [1.29, 1.82) is 0 Å². The van der Waals surface area contributed by atoms with Crippen molar-refractivity contribution in [2.45, 2.75) is 50.7 Å². The molecule has 26 heavy (non-hydrogen) atoms. The number of nitrogens with zero attached hydrogens (tertiary/aromatic N) is 1. The molecule has 2 unspecified atom stereocenters. The monoisotopic (exact) mass is 344 g/mol. The number of nitrogens with two attached hydrogens (primary N) is 1. The van der Waals surface area contributed by atoms with Gasteiger partial charge in [-0.1, -0.05) is 60.7 Å². The minimum absolute atomic E-state index is 0.304. The molecule has 0 bridgehead atoms. The smallest absolute Gasteiger partial charge is 0.0523 e. The predicted octanol–water partition coefficient (Wildman–Crippen LogP) is 5.68. The molecule has 1 aliphatic rings. The lowest BCUT2D eigenvalue weighted by Gasteiger charge is -2.42. The zero-order chi connectivity index (χ0) is 17.9. The van der Waals surface area contributed by atoms with Crippen LogP contribution in [0.4, 0.5) is 5.69 Å². The number of anilines is 1. The number of para-hydroxylation sites is 1. The molecule has 134 valence electrons. The van der Waals surface area contributed by atoms with Gasteiger partial charge in [-0.3, -0.25) is 0 Å². The molecule has 1 aliphatic carbocycles. The molecule has 0 radical (unpaired) electrons. The van der Waals surface area contributed by atoms with E-state index in [4.69, 9.17) is 5.73 Å². The second-order valence-corrected chi connectivity index (χ2v) is 7.57. The van der Waals surface area contributed by atoms with E-state index < -0.39 is 0 Å². The van der Waals surface area contributed by atoms with Crippen LogP contribution in [0.5, 0.6) is 0 Å². The van der Waals surface area contributed by atoms with Crippen LogP contribution in [-0.2, 0) is 0 Å². The molecule has 0 aliphatic heterocycles. The Hall–Kier alpha value is -2.32. The Labute approximate surface area is 156 Å². The highest BCUT2D eigenvalue weighted by atomic mass is 15.2. The first-order valence-corrected chi connectivity index (χ1v) is 9.80. The fourth-order valence-corrected chi connectivity index (χ4v) is 4.57. The predicted molar refractivity (Wildman–Crippen MR) is 112 cm³/mol. The largest absolute Gasteiger partial charge is 0.362 e. The van der Waals surface area contributed by atoms with Gasteiger partial charge in [-0.2, -0.15) is 0 Å². The van der Waals surface area contributed by atoms with Crippen LogP contribution in [0.25, 0.3) is 10.8 Å². The summed E-state index contributed by atoms with van der Waals surface area (Å²) in [5.41, 5.74) is 9.04. The van der Waals surface area contributed by atoms with E-state index in [1.807, 2.05) is 0 Å². The maximum atomic E-state index is 6.34. The first-order valence-electron chi connectivity index (χ1n) is 9.80. The van der Waals surface area contributed by atoms with Crippen LogP contribution in [0.2, 0.25) is 0 Å². The topological polar surface area (TPSA) is 29.3 Å². The van der Waals surface area contributed by atoms with Gasteiger partial charge in [-0.25, -0.2) is 0 Å². The first-order chi connectivity index (χ1) is 12.7. The Bertz CT molecular complexity index is 853. The molecule has 0 saturated heterocycles. The molecule has 3 atom stereocenters. The van der Waals surface area contributed by atoms with E-state index in [2.05, 4.69) is 84.6 Å². The van der Waals surface area contributed by atoms with Crippen molar-refractivity contribution in [3.63, 3.8) is 0 Å². The summed E-state index contributed by atoms with van der Waals surface area (Å²) in [5, 5.41) is 2.66. The van der Waals surface area contributed by atoms with Gasteiger partial charge in [-0.15, -0.1) is 0 Å². The Balaban J connectivity index is 1.77. The summed E-state index contributed by atoms with van der Waals surface area (Å²) < 4.78 is 0. The molecule has 3 aromatic carbocycles. The van der Waals surface area contributed by atoms with Crippen LogP contribution in [0.3, 0.4) is 0 Å². The number of rotatable bonds is 4. The van der Waals surface area contributed by atoms with Crippen molar-refractivity contribution in [2.24, 2.45) is 5.73 Å². The van der Waals surface area contributed by atoms with Crippen LogP contribution in [-0.4, -0.2) is 12.1 Å². The molecule has 0 aromatic heterocycles. The van der Waals surface area contributed by atoms with Gasteiger partial charge in [0.05, 0.1) is 6.04 Å². The Kier molecular flexibility index (Phi) is 4.94. The van der Waals surface area contributed by atoms with Crippen molar-refractivity contribution in [2.75, 3.05) is 4.90 Å². The summed E-state index contributed by atoms with van der Waals surface area (Å²) in [6.07, 6.45) is 4.67. The standard InChI is InChI=1S/C24H28N2/c1-18(23-16-7-10-19-9-5-6-15-24(19)23)26(21-12-3-2-4-13-21)22-14-8-11-20(25)17-22/h2-7,9-10,12-13,15-16,18,20,22H,8,11,14,17,25H2,1H3/t18-,20?,22?/m1/s1. The molecule has 2 N–H and O–H groups in total. The summed E-state index contributed by atoms with van der Waals surface area (Å²) in [4.78, 5) is 2.61. The van der Waals surface area contributed by atoms with Crippen molar-refractivity contribution >= 4 is 16.5 Å². The highest BCUT2D eigenvalue weighted by molar-refractivity contribution is 5.86. The van der Waals surface area contributed by atoms with Gasteiger partial charge >= 0.3 is 0 Å². The van der Waals surface area contributed by atoms with Crippen molar-refractivity contribution in [1.82, 2.24) is 0 Å². The third-order valence-electron chi connectivity index (χ3n) is 5.83. The lowest BCUT2D eigenvalue weighted by Crippen LogP contribution is -2.44. The number of fused-ring (bicyclic) bond motifs is 1. The quantitative estimate of drug-likeness (QED) is 0.660. The normalized spacial score (nSPS) is 21.5. The fourth-order valence-electron chi connectivity index (χ4n) is 4.57.